The van der Waals surface area contributed by atoms with Crippen LogP contribution in [0.15, 0.2) is 268 Å². The van der Waals surface area contributed by atoms with Gasteiger partial charge in [-0.15, -0.1) is 0 Å². The summed E-state index contributed by atoms with van der Waals surface area (Å²) in [4.78, 5) is 21.8. The number of benzene rings is 10. The van der Waals surface area contributed by atoms with Crippen LogP contribution >= 0.6 is 0 Å². The lowest BCUT2D eigenvalue weighted by molar-refractivity contribution is 0.667. The molecule has 0 saturated carbocycles. The Hall–Kier alpha value is -10.2. The van der Waals surface area contributed by atoms with Crippen LogP contribution in [0.25, 0.3) is 76.9 Å². The van der Waals surface area contributed by atoms with Gasteiger partial charge in [0.05, 0.1) is 33.4 Å². The Morgan fingerprint density at radius 2 is 1.07 bits per heavy atom. The fourth-order valence-corrected chi connectivity index (χ4v) is 13.4. The van der Waals surface area contributed by atoms with Crippen molar-refractivity contribution in [2.75, 3.05) is 0 Å². The Kier molecular flexibility index (Phi) is 10.7. The molecule has 12 aromatic rings. The largest absolute Gasteiger partial charge is 0.344 e. The Balaban J connectivity index is 1.05. The zero-order valence-corrected chi connectivity index (χ0v) is 44.8. The fourth-order valence-electron chi connectivity index (χ4n) is 13.4. The van der Waals surface area contributed by atoms with Gasteiger partial charge in [0, 0.05) is 60.2 Å². The summed E-state index contributed by atoms with van der Waals surface area (Å²) >= 11 is 0. The number of nitrogens with zero attached hydrogens (tertiary/aromatic N) is 6. The van der Waals surface area contributed by atoms with Crippen molar-refractivity contribution in [2.45, 2.75) is 44.4 Å². The van der Waals surface area contributed by atoms with E-state index in [0.717, 1.165) is 80.0 Å². The van der Waals surface area contributed by atoms with Crippen molar-refractivity contribution >= 4 is 77.7 Å². The standard InChI is InChI=1S/C73H54N8/c1-73(2)56-38-20-17-35-52(56)61-64(73)62-53-36-18-21-39-58(53)81(66(62)63-54-37-19-22-40-59(54)80(65(61)63)57-41-23-33-45-24-15-16-34-51(45)57)60-43-42-50(71-76-67(46-25-7-3-8-26-46)74-68(77-71)47-27-9-4-10-28-47)44-55(60)72-78-69(48-29-11-5-12-30-48)75-70(79-72)49-31-13-6-14-32-49/h3-5,7-13,15-44,67,70H,6,14H2,1-2H3,(H,74,76,77)(H,75,78,79). The number of nitrogens with one attached hydrogen (secondary N) is 2. The highest BCUT2D eigenvalue weighted by Crippen LogP contribution is 2.58. The summed E-state index contributed by atoms with van der Waals surface area (Å²) in [5, 5.41) is 14.8. The van der Waals surface area contributed by atoms with Gasteiger partial charge in [0.2, 0.25) is 0 Å². The third-order valence-electron chi connectivity index (χ3n) is 17.0. The van der Waals surface area contributed by atoms with Crippen molar-refractivity contribution in [3.05, 3.63) is 287 Å². The lowest BCUT2D eigenvalue weighted by Crippen LogP contribution is -2.40. The maximum absolute atomic E-state index is 5.60. The molecule has 2 aliphatic carbocycles. The van der Waals surface area contributed by atoms with Crippen LogP contribution < -0.4 is 10.6 Å². The van der Waals surface area contributed by atoms with E-state index in [1.54, 1.807) is 0 Å². The molecular weight excluding hydrogens is 989 g/mol. The number of para-hydroxylation sites is 2. The zero-order valence-electron chi connectivity index (χ0n) is 44.8. The summed E-state index contributed by atoms with van der Waals surface area (Å²) in [6.45, 7) is 4.85. The van der Waals surface area contributed by atoms with E-state index in [4.69, 9.17) is 20.0 Å². The lowest BCUT2D eigenvalue weighted by atomic mass is 9.80. The first-order valence-corrected chi connectivity index (χ1v) is 28.1. The van der Waals surface area contributed by atoms with Gasteiger partial charge >= 0.3 is 0 Å². The van der Waals surface area contributed by atoms with Gasteiger partial charge in [0.15, 0.2) is 11.7 Å². The van der Waals surface area contributed by atoms with E-state index in [2.05, 4.69) is 258 Å². The molecule has 2 atom stereocenters. The van der Waals surface area contributed by atoms with Crippen molar-refractivity contribution in [2.24, 2.45) is 20.0 Å². The minimum atomic E-state index is -0.395. The topological polar surface area (TPSA) is 83.4 Å². The Labute approximate surface area is 469 Å². The highest BCUT2D eigenvalue weighted by Gasteiger charge is 2.42. The minimum Gasteiger partial charge on any atom is -0.344 e. The third-order valence-corrected chi connectivity index (χ3v) is 17.0. The quantitative estimate of drug-likeness (QED) is 0.159. The second-order valence-electron chi connectivity index (χ2n) is 22.0. The maximum Gasteiger partial charge on any atom is 0.159 e. The first-order valence-electron chi connectivity index (χ1n) is 28.1. The smallest absolute Gasteiger partial charge is 0.159 e. The van der Waals surface area contributed by atoms with Crippen LogP contribution in [0.1, 0.15) is 71.8 Å². The molecule has 16 rings (SSSR count). The number of allylic oxidation sites excluding steroid dienone is 2. The molecule has 0 amide bonds. The second-order valence-corrected chi connectivity index (χ2v) is 22.0. The van der Waals surface area contributed by atoms with E-state index in [0.29, 0.717) is 17.5 Å². The van der Waals surface area contributed by atoms with E-state index in [1.807, 2.05) is 18.2 Å². The molecule has 0 spiro atoms. The highest BCUT2D eigenvalue weighted by molar-refractivity contribution is 6.32. The van der Waals surface area contributed by atoms with E-state index < -0.39 is 6.17 Å². The van der Waals surface area contributed by atoms with Crippen molar-refractivity contribution in [3.8, 4) is 22.5 Å². The molecule has 10 aromatic carbocycles. The fraction of sp³-hybridized carbons (Fsp3) is 0.0959. The monoisotopic (exact) mass is 1040 g/mol. The summed E-state index contributed by atoms with van der Waals surface area (Å²) in [6, 6.07) is 80.6. The molecule has 0 saturated heterocycles. The molecule has 386 valence electrons. The number of rotatable bonds is 8. The summed E-state index contributed by atoms with van der Waals surface area (Å²) in [7, 11) is 0. The third kappa shape index (κ3) is 7.36. The van der Waals surface area contributed by atoms with Gasteiger partial charge in [-0.1, -0.05) is 220 Å². The van der Waals surface area contributed by atoms with Gasteiger partial charge in [0.25, 0.3) is 0 Å². The molecule has 81 heavy (non-hydrogen) atoms. The summed E-state index contributed by atoms with van der Waals surface area (Å²) in [5.41, 5.74) is 17.4. The molecule has 2 aromatic heterocycles. The number of aromatic nitrogens is 2. The lowest BCUT2D eigenvalue weighted by Gasteiger charge is -2.27. The molecule has 0 fully saturated rings. The van der Waals surface area contributed by atoms with Crippen LogP contribution in [0.2, 0.25) is 0 Å². The van der Waals surface area contributed by atoms with Crippen molar-refractivity contribution in [1.82, 2.24) is 19.8 Å². The molecule has 8 nitrogen and oxygen atoms in total. The van der Waals surface area contributed by atoms with Crippen LogP contribution in [0.5, 0.6) is 0 Å². The normalized spacial score (nSPS) is 17.3. The van der Waals surface area contributed by atoms with Gasteiger partial charge < -0.3 is 19.8 Å². The van der Waals surface area contributed by atoms with Gasteiger partial charge in [-0.2, -0.15) is 0 Å². The van der Waals surface area contributed by atoms with Crippen LogP contribution in [0.4, 0.5) is 0 Å². The zero-order chi connectivity index (χ0) is 53.8. The van der Waals surface area contributed by atoms with Gasteiger partial charge in [-0.3, -0.25) is 0 Å². The molecule has 2 N–H and O–H groups in total. The molecule has 2 unspecified atom stereocenters. The predicted molar refractivity (Wildman–Crippen MR) is 335 cm³/mol. The molecule has 2 aliphatic heterocycles. The highest BCUT2D eigenvalue weighted by atomic mass is 15.2. The SMILES string of the molecule is CC1(C)c2ccccc2-c2c1c1c3ccccc3n(-c3ccc(C4=NC(c5ccccc5)NC(c5ccccc5)=N4)cc3C3=NC(c4ccccc4)=NC(C4=CCCC=C4)N3)c1c1c3ccccc3n(-c3cccc4ccccc34)c21. The summed E-state index contributed by atoms with van der Waals surface area (Å²) in [5.74, 6) is 2.75. The molecule has 4 aliphatic rings. The van der Waals surface area contributed by atoms with Crippen LogP contribution in [0, 0.1) is 0 Å². The average Bonchev–Trinajstić information content (AvgIpc) is 2.20. The second kappa shape index (κ2) is 18.5. The number of amidine groups is 4. The first kappa shape index (κ1) is 46.9. The Bertz CT molecular complexity index is 4770. The Morgan fingerprint density at radius 1 is 0.469 bits per heavy atom. The van der Waals surface area contributed by atoms with Gasteiger partial charge in [-0.25, -0.2) is 20.0 Å². The number of aliphatic imine (C=N–C) groups is 4. The van der Waals surface area contributed by atoms with Crippen molar-refractivity contribution < 1.29 is 0 Å². The predicted octanol–water partition coefficient (Wildman–Crippen LogP) is 16.2. The molecule has 4 heterocycles. The van der Waals surface area contributed by atoms with E-state index in [-0.39, 0.29) is 11.6 Å². The first-order chi connectivity index (χ1) is 40.0. The van der Waals surface area contributed by atoms with Gasteiger partial charge in [-0.05, 0) is 82.5 Å². The maximum atomic E-state index is 5.60. The molecule has 0 bridgehead atoms. The molecule has 8 heteroatoms. The summed E-state index contributed by atoms with van der Waals surface area (Å²) in [6.07, 6.45) is 7.95. The van der Waals surface area contributed by atoms with E-state index in [9.17, 15) is 0 Å². The van der Waals surface area contributed by atoms with Crippen molar-refractivity contribution in [3.63, 3.8) is 0 Å². The Morgan fingerprint density at radius 3 is 1.84 bits per heavy atom. The van der Waals surface area contributed by atoms with Crippen molar-refractivity contribution in [1.29, 1.82) is 0 Å². The average molecular weight is 1040 g/mol. The van der Waals surface area contributed by atoms with E-state index >= 15 is 0 Å². The van der Waals surface area contributed by atoms with Crippen LogP contribution in [-0.4, -0.2) is 38.6 Å². The molecular formula is C73H54N8. The van der Waals surface area contributed by atoms with Gasteiger partial charge in [0.1, 0.15) is 24.0 Å². The van der Waals surface area contributed by atoms with E-state index in [1.165, 1.54) is 60.1 Å². The summed E-state index contributed by atoms with van der Waals surface area (Å²) < 4.78 is 5.12. The number of hydrogen-bond donors (Lipinski definition) is 2. The number of hydrogen-bond acceptors (Lipinski definition) is 6. The number of fused-ring (bicyclic) bond motifs is 13. The van der Waals surface area contributed by atoms with Crippen LogP contribution in [-0.2, 0) is 5.41 Å². The van der Waals surface area contributed by atoms with Crippen LogP contribution in [0.3, 0.4) is 0 Å². The minimum absolute atomic E-state index is 0.374. The molecule has 0 radical (unpaired) electrons.